The molecule has 4 rings (SSSR count). The summed E-state index contributed by atoms with van der Waals surface area (Å²) in [6, 6.07) is 18.2. The monoisotopic (exact) mass is 431 g/mol. The van der Waals surface area contributed by atoms with Crippen molar-refractivity contribution < 1.29 is 14.3 Å². The fourth-order valence-electron chi connectivity index (χ4n) is 3.74. The zero-order chi connectivity index (χ0) is 22.5. The number of carbonyl (C=O) groups is 2. The molecule has 8 heteroatoms. The van der Waals surface area contributed by atoms with Crippen LogP contribution in [0.25, 0.3) is 11.3 Å². The molecule has 0 bridgehead atoms. The van der Waals surface area contributed by atoms with Crippen molar-refractivity contribution in [3.05, 3.63) is 66.2 Å². The van der Waals surface area contributed by atoms with E-state index in [1.54, 1.807) is 31.4 Å². The van der Waals surface area contributed by atoms with Crippen LogP contribution in [0.3, 0.4) is 0 Å². The van der Waals surface area contributed by atoms with Crippen molar-refractivity contribution in [2.24, 2.45) is 11.7 Å². The summed E-state index contributed by atoms with van der Waals surface area (Å²) < 4.78 is 5.19. The number of aromatic nitrogens is 2. The van der Waals surface area contributed by atoms with E-state index in [0.717, 1.165) is 48.8 Å². The number of amides is 2. The van der Waals surface area contributed by atoms with Crippen LogP contribution < -0.4 is 20.7 Å². The van der Waals surface area contributed by atoms with E-state index in [1.807, 2.05) is 36.4 Å². The number of rotatable bonds is 6. The topological polar surface area (TPSA) is 110 Å². The number of ether oxygens (including phenoxy) is 1. The Morgan fingerprint density at radius 1 is 0.969 bits per heavy atom. The maximum atomic E-state index is 12.6. The number of nitrogens with one attached hydrogen (secondary N) is 1. The van der Waals surface area contributed by atoms with Gasteiger partial charge in [0.05, 0.1) is 12.8 Å². The van der Waals surface area contributed by atoms with E-state index in [-0.39, 0.29) is 11.8 Å². The molecule has 164 valence electrons. The Balaban J connectivity index is 1.31. The quantitative estimate of drug-likeness (QED) is 0.621. The number of carbonyl (C=O) groups excluding carboxylic acids is 2. The largest absolute Gasteiger partial charge is 0.497 e. The lowest BCUT2D eigenvalue weighted by atomic mass is 9.95. The minimum absolute atomic E-state index is 0.0163. The van der Waals surface area contributed by atoms with Crippen LogP contribution in [0.15, 0.2) is 60.7 Å². The van der Waals surface area contributed by atoms with E-state index >= 15 is 0 Å². The van der Waals surface area contributed by atoms with Crippen LogP contribution in [0.5, 0.6) is 5.75 Å². The molecular weight excluding hydrogens is 406 g/mol. The summed E-state index contributed by atoms with van der Waals surface area (Å²) in [4.78, 5) is 25.9. The number of piperidine rings is 1. The van der Waals surface area contributed by atoms with Gasteiger partial charge in [-0.1, -0.05) is 0 Å². The number of hydrogen-bond donors (Lipinski definition) is 2. The second-order valence-corrected chi connectivity index (χ2v) is 7.70. The van der Waals surface area contributed by atoms with Gasteiger partial charge in [0.15, 0.2) is 5.82 Å². The van der Waals surface area contributed by atoms with E-state index in [0.29, 0.717) is 11.3 Å². The van der Waals surface area contributed by atoms with Crippen molar-refractivity contribution >= 4 is 23.3 Å². The molecule has 32 heavy (non-hydrogen) atoms. The molecular formula is C24H25N5O3. The molecule has 2 aromatic carbocycles. The van der Waals surface area contributed by atoms with Gasteiger partial charge in [0.2, 0.25) is 11.8 Å². The molecule has 1 aliphatic heterocycles. The second-order valence-electron chi connectivity index (χ2n) is 7.70. The molecule has 2 heterocycles. The molecule has 3 aromatic rings. The van der Waals surface area contributed by atoms with Crippen molar-refractivity contribution in [3.8, 4) is 17.0 Å². The van der Waals surface area contributed by atoms with E-state index in [9.17, 15) is 9.59 Å². The Kier molecular flexibility index (Phi) is 6.30. The van der Waals surface area contributed by atoms with Crippen molar-refractivity contribution in [1.82, 2.24) is 10.2 Å². The Labute approximate surface area is 186 Å². The summed E-state index contributed by atoms with van der Waals surface area (Å²) in [5, 5.41) is 11.7. The van der Waals surface area contributed by atoms with Gasteiger partial charge in [0, 0.05) is 35.8 Å². The van der Waals surface area contributed by atoms with Crippen molar-refractivity contribution in [1.29, 1.82) is 0 Å². The fraction of sp³-hybridized carbons (Fsp3) is 0.250. The number of nitrogens with two attached hydrogens (primary N) is 1. The van der Waals surface area contributed by atoms with E-state index < -0.39 is 5.91 Å². The molecule has 8 nitrogen and oxygen atoms in total. The van der Waals surface area contributed by atoms with Gasteiger partial charge in [-0.2, -0.15) is 0 Å². The SMILES string of the molecule is COc1ccc(-c2ccc(N3CCC(C(=O)Nc4ccc(C(N)=O)cc4)CC3)nn2)cc1. The molecule has 1 fully saturated rings. The Hall–Kier alpha value is -3.94. The predicted octanol–water partition coefficient (Wildman–Crippen LogP) is 3.11. The number of primary amides is 1. The Morgan fingerprint density at radius 2 is 1.66 bits per heavy atom. The number of nitrogens with zero attached hydrogens (tertiary/aromatic N) is 3. The standard InChI is InChI=1S/C24H25N5O3/c1-32-20-8-4-16(5-9-20)21-10-11-22(28-27-21)29-14-12-18(13-15-29)24(31)26-19-6-2-17(3-7-19)23(25)30/h2-11,18H,12-15H2,1H3,(H2,25,30)(H,26,31). The molecule has 0 aliphatic carbocycles. The minimum Gasteiger partial charge on any atom is -0.497 e. The smallest absolute Gasteiger partial charge is 0.248 e. The highest BCUT2D eigenvalue weighted by atomic mass is 16.5. The highest BCUT2D eigenvalue weighted by Crippen LogP contribution is 2.25. The Morgan fingerprint density at radius 3 is 2.22 bits per heavy atom. The van der Waals surface area contributed by atoms with Crippen LogP contribution in [-0.2, 0) is 4.79 Å². The van der Waals surface area contributed by atoms with Gasteiger partial charge in [-0.3, -0.25) is 9.59 Å². The lowest BCUT2D eigenvalue weighted by Crippen LogP contribution is -2.38. The molecule has 0 radical (unpaired) electrons. The normalized spacial score (nSPS) is 14.1. The number of benzene rings is 2. The van der Waals surface area contributed by atoms with Gasteiger partial charge in [0.25, 0.3) is 0 Å². The average molecular weight is 431 g/mol. The van der Waals surface area contributed by atoms with Gasteiger partial charge in [0.1, 0.15) is 5.75 Å². The molecule has 0 atom stereocenters. The van der Waals surface area contributed by atoms with Crippen LogP contribution >= 0.6 is 0 Å². The third-order valence-electron chi connectivity index (χ3n) is 5.66. The first kappa shape index (κ1) is 21.3. The number of methoxy groups -OCH3 is 1. The Bertz CT molecular complexity index is 1070. The van der Waals surface area contributed by atoms with E-state index in [4.69, 9.17) is 10.5 Å². The zero-order valence-corrected chi connectivity index (χ0v) is 17.8. The van der Waals surface area contributed by atoms with Crippen LogP contribution in [-0.4, -0.2) is 42.2 Å². The first-order valence-corrected chi connectivity index (χ1v) is 10.5. The number of anilines is 2. The van der Waals surface area contributed by atoms with E-state index in [1.165, 1.54) is 0 Å². The van der Waals surface area contributed by atoms with Crippen LogP contribution in [0.4, 0.5) is 11.5 Å². The van der Waals surface area contributed by atoms with Gasteiger partial charge in [-0.25, -0.2) is 0 Å². The molecule has 1 aliphatic rings. The third-order valence-corrected chi connectivity index (χ3v) is 5.66. The molecule has 1 aromatic heterocycles. The zero-order valence-electron chi connectivity index (χ0n) is 17.8. The van der Waals surface area contributed by atoms with Crippen molar-refractivity contribution in [2.45, 2.75) is 12.8 Å². The second kappa shape index (κ2) is 9.47. The first-order chi connectivity index (χ1) is 15.5. The molecule has 0 unspecified atom stereocenters. The van der Waals surface area contributed by atoms with Crippen molar-refractivity contribution in [2.75, 3.05) is 30.4 Å². The third kappa shape index (κ3) is 4.85. The predicted molar refractivity (Wildman–Crippen MR) is 123 cm³/mol. The summed E-state index contributed by atoms with van der Waals surface area (Å²) in [7, 11) is 1.64. The van der Waals surface area contributed by atoms with Crippen LogP contribution in [0.2, 0.25) is 0 Å². The summed E-state index contributed by atoms with van der Waals surface area (Å²) >= 11 is 0. The van der Waals surface area contributed by atoms with Gasteiger partial charge in [-0.15, -0.1) is 10.2 Å². The fourth-order valence-corrected chi connectivity index (χ4v) is 3.74. The van der Waals surface area contributed by atoms with Crippen LogP contribution in [0.1, 0.15) is 23.2 Å². The van der Waals surface area contributed by atoms with Gasteiger partial charge < -0.3 is 20.7 Å². The average Bonchev–Trinajstić information content (AvgIpc) is 2.84. The highest BCUT2D eigenvalue weighted by Gasteiger charge is 2.26. The molecule has 0 saturated carbocycles. The lowest BCUT2D eigenvalue weighted by molar-refractivity contribution is -0.120. The summed E-state index contributed by atoms with van der Waals surface area (Å²) in [6.07, 6.45) is 1.46. The molecule has 3 N–H and O–H groups in total. The van der Waals surface area contributed by atoms with Crippen molar-refractivity contribution in [3.63, 3.8) is 0 Å². The first-order valence-electron chi connectivity index (χ1n) is 10.5. The van der Waals surface area contributed by atoms with Crippen LogP contribution in [0, 0.1) is 5.92 Å². The molecule has 2 amide bonds. The van der Waals surface area contributed by atoms with Gasteiger partial charge in [-0.05, 0) is 73.5 Å². The highest BCUT2D eigenvalue weighted by molar-refractivity contribution is 5.95. The maximum Gasteiger partial charge on any atom is 0.248 e. The summed E-state index contributed by atoms with van der Waals surface area (Å²) in [6.45, 7) is 1.46. The summed E-state index contributed by atoms with van der Waals surface area (Å²) in [5.41, 5.74) is 8.09. The lowest BCUT2D eigenvalue weighted by Gasteiger charge is -2.31. The molecule has 0 spiro atoms. The minimum atomic E-state index is -0.490. The maximum absolute atomic E-state index is 12.6. The molecule has 1 saturated heterocycles. The summed E-state index contributed by atoms with van der Waals surface area (Å²) in [5.74, 6) is 1.03. The number of hydrogen-bond acceptors (Lipinski definition) is 6. The van der Waals surface area contributed by atoms with E-state index in [2.05, 4.69) is 20.4 Å². The van der Waals surface area contributed by atoms with Gasteiger partial charge >= 0.3 is 0 Å².